The van der Waals surface area contributed by atoms with Crippen molar-refractivity contribution in [3.63, 3.8) is 0 Å². The lowest BCUT2D eigenvalue weighted by atomic mass is 10.1. The van der Waals surface area contributed by atoms with Crippen LogP contribution >= 0.6 is 0 Å². The molecule has 1 amide bonds. The smallest absolute Gasteiger partial charge is 0.256 e. The monoisotopic (exact) mass is 436 g/mol. The zero-order valence-electron chi connectivity index (χ0n) is 16.6. The molecule has 7 nitrogen and oxygen atoms in total. The van der Waals surface area contributed by atoms with E-state index in [4.69, 9.17) is 9.15 Å². The van der Waals surface area contributed by atoms with E-state index >= 15 is 0 Å². The van der Waals surface area contributed by atoms with E-state index in [0.29, 0.717) is 43.4 Å². The van der Waals surface area contributed by atoms with E-state index in [0.717, 1.165) is 16.8 Å². The Morgan fingerprint density at radius 3 is 2.45 bits per heavy atom. The molecule has 0 unspecified atom stereocenters. The van der Waals surface area contributed by atoms with Gasteiger partial charge >= 0.3 is 0 Å². The van der Waals surface area contributed by atoms with Crippen molar-refractivity contribution in [3.8, 4) is 11.3 Å². The molecule has 8 heteroatoms. The van der Waals surface area contributed by atoms with Crippen LogP contribution in [0.15, 0.2) is 70.0 Å². The fourth-order valence-corrected chi connectivity index (χ4v) is 5.15. The number of nitrogens with zero attached hydrogens (tertiary/aromatic N) is 1. The van der Waals surface area contributed by atoms with Crippen LogP contribution in [0.2, 0.25) is 0 Å². The molecule has 1 aromatic heterocycles. The number of benzene rings is 2. The number of nitrogens with one attached hydrogen (secondary N) is 1. The molecule has 0 aliphatic carbocycles. The van der Waals surface area contributed by atoms with Crippen molar-refractivity contribution < 1.29 is 22.4 Å². The van der Waals surface area contributed by atoms with Gasteiger partial charge in [0.05, 0.1) is 23.7 Å². The Bertz CT molecular complexity index is 1270. The molecule has 1 fully saturated rings. The number of hydrogen-bond acceptors (Lipinski definition) is 5. The van der Waals surface area contributed by atoms with Crippen molar-refractivity contribution in [3.05, 3.63) is 72.0 Å². The Labute approximate surface area is 180 Å². The highest BCUT2D eigenvalue weighted by molar-refractivity contribution is 7.89. The van der Waals surface area contributed by atoms with Crippen LogP contribution in [0, 0.1) is 0 Å². The van der Waals surface area contributed by atoms with Crippen LogP contribution in [0.1, 0.15) is 11.3 Å². The van der Waals surface area contributed by atoms with Crippen molar-refractivity contribution in [1.82, 2.24) is 4.31 Å². The molecular formula is C23H20N2O5S. The second-order valence-corrected chi connectivity index (χ2v) is 9.24. The fourth-order valence-electron chi connectivity index (χ4n) is 3.74. The number of amides is 1. The molecular weight excluding hydrogens is 416 g/mol. The Balaban J connectivity index is 1.39. The molecule has 3 heterocycles. The lowest BCUT2D eigenvalue weighted by Crippen LogP contribution is -2.40. The van der Waals surface area contributed by atoms with Crippen LogP contribution < -0.4 is 5.32 Å². The number of carbonyl (C=O) groups excluding carboxylic acids is 1. The number of furan rings is 1. The second-order valence-electron chi connectivity index (χ2n) is 7.30. The molecule has 0 saturated carbocycles. The first-order valence-corrected chi connectivity index (χ1v) is 11.4. The zero-order chi connectivity index (χ0) is 21.4. The van der Waals surface area contributed by atoms with Gasteiger partial charge in [-0.05, 0) is 48.5 Å². The average molecular weight is 436 g/mol. The molecule has 1 saturated heterocycles. The summed E-state index contributed by atoms with van der Waals surface area (Å²) in [4.78, 5) is 12.5. The number of fused-ring (bicyclic) bond motifs is 1. The summed E-state index contributed by atoms with van der Waals surface area (Å²) < 4.78 is 38.1. The summed E-state index contributed by atoms with van der Waals surface area (Å²) in [6.07, 6.45) is 1.71. The van der Waals surface area contributed by atoms with E-state index in [9.17, 15) is 13.2 Å². The molecule has 0 bridgehead atoms. The van der Waals surface area contributed by atoms with Gasteiger partial charge in [-0.2, -0.15) is 4.31 Å². The summed E-state index contributed by atoms with van der Waals surface area (Å²) in [5.41, 5.74) is 2.91. The quantitative estimate of drug-likeness (QED) is 0.633. The van der Waals surface area contributed by atoms with Gasteiger partial charge in [0.2, 0.25) is 10.0 Å². The van der Waals surface area contributed by atoms with Crippen molar-refractivity contribution in [2.75, 3.05) is 31.6 Å². The lowest BCUT2D eigenvalue weighted by Gasteiger charge is -2.26. The molecule has 3 aromatic rings. The number of anilines is 1. The number of ether oxygens (including phenoxy) is 1. The first-order valence-electron chi connectivity index (χ1n) is 9.93. The highest BCUT2D eigenvalue weighted by Crippen LogP contribution is 2.34. The van der Waals surface area contributed by atoms with E-state index in [1.807, 2.05) is 24.3 Å². The Morgan fingerprint density at radius 1 is 0.935 bits per heavy atom. The van der Waals surface area contributed by atoms with Gasteiger partial charge in [0.25, 0.3) is 5.91 Å². The molecule has 158 valence electrons. The third-order valence-corrected chi connectivity index (χ3v) is 7.28. The minimum absolute atomic E-state index is 0.170. The first kappa shape index (κ1) is 19.7. The normalized spacial score (nSPS) is 18.2. The molecule has 2 aliphatic rings. The van der Waals surface area contributed by atoms with E-state index in [1.165, 1.54) is 4.31 Å². The molecule has 2 aliphatic heterocycles. The summed E-state index contributed by atoms with van der Waals surface area (Å²) >= 11 is 0. The number of morpholine rings is 1. The van der Waals surface area contributed by atoms with Crippen molar-refractivity contribution in [2.45, 2.75) is 4.90 Å². The number of carbonyl (C=O) groups is 1. The molecule has 31 heavy (non-hydrogen) atoms. The van der Waals surface area contributed by atoms with Gasteiger partial charge in [0.15, 0.2) is 0 Å². The van der Waals surface area contributed by atoms with Gasteiger partial charge in [0.1, 0.15) is 11.5 Å². The lowest BCUT2D eigenvalue weighted by molar-refractivity contribution is -0.110. The Morgan fingerprint density at radius 2 is 1.68 bits per heavy atom. The van der Waals surface area contributed by atoms with Gasteiger partial charge in [-0.3, -0.25) is 4.79 Å². The standard InChI is InChI=1S/C23H20N2O5S/c26-23-20(19-3-1-2-4-21(19)24-23)15-17-7-10-22(30-17)16-5-8-18(9-6-16)31(27,28)25-11-13-29-14-12-25/h1-10,15H,11-14H2,(H,24,26). The van der Waals surface area contributed by atoms with E-state index in [2.05, 4.69) is 5.32 Å². The Hall–Kier alpha value is -3.20. The van der Waals surface area contributed by atoms with Crippen LogP contribution in [0.5, 0.6) is 0 Å². The van der Waals surface area contributed by atoms with Crippen LogP contribution in [-0.4, -0.2) is 44.9 Å². The van der Waals surface area contributed by atoms with Crippen LogP contribution in [0.3, 0.4) is 0 Å². The summed E-state index contributed by atoms with van der Waals surface area (Å²) in [7, 11) is -3.54. The second kappa shape index (κ2) is 7.81. The average Bonchev–Trinajstić information content (AvgIpc) is 3.39. The number of para-hydroxylation sites is 1. The van der Waals surface area contributed by atoms with Crippen molar-refractivity contribution >= 4 is 33.3 Å². The largest absolute Gasteiger partial charge is 0.457 e. The van der Waals surface area contributed by atoms with Gasteiger partial charge in [-0.25, -0.2) is 8.42 Å². The van der Waals surface area contributed by atoms with Gasteiger partial charge in [-0.1, -0.05) is 18.2 Å². The summed E-state index contributed by atoms with van der Waals surface area (Å²) in [6, 6.07) is 17.7. The topological polar surface area (TPSA) is 88.9 Å². The third-order valence-electron chi connectivity index (χ3n) is 5.37. The molecule has 2 aromatic carbocycles. The predicted octanol–water partition coefficient (Wildman–Crippen LogP) is 3.46. The number of rotatable bonds is 4. The summed E-state index contributed by atoms with van der Waals surface area (Å²) in [5.74, 6) is 0.965. The van der Waals surface area contributed by atoms with Crippen molar-refractivity contribution in [2.24, 2.45) is 0 Å². The first-order chi connectivity index (χ1) is 15.0. The summed E-state index contributed by atoms with van der Waals surface area (Å²) in [6.45, 7) is 1.53. The maximum Gasteiger partial charge on any atom is 0.256 e. The van der Waals surface area contributed by atoms with E-state index in [1.54, 1.807) is 42.5 Å². The molecule has 0 radical (unpaired) electrons. The van der Waals surface area contributed by atoms with Gasteiger partial charge in [0, 0.05) is 29.9 Å². The maximum absolute atomic E-state index is 12.8. The molecule has 0 atom stereocenters. The van der Waals surface area contributed by atoms with Crippen LogP contribution in [-0.2, 0) is 19.6 Å². The predicted molar refractivity (Wildman–Crippen MR) is 117 cm³/mol. The van der Waals surface area contributed by atoms with E-state index in [-0.39, 0.29) is 10.8 Å². The number of hydrogen-bond donors (Lipinski definition) is 1. The van der Waals surface area contributed by atoms with E-state index < -0.39 is 10.0 Å². The molecule has 0 spiro atoms. The summed E-state index contributed by atoms with van der Waals surface area (Å²) in [5, 5.41) is 2.84. The van der Waals surface area contributed by atoms with Crippen molar-refractivity contribution in [1.29, 1.82) is 0 Å². The van der Waals surface area contributed by atoms with Crippen LogP contribution in [0.25, 0.3) is 23.0 Å². The Kier molecular flexibility index (Phi) is 4.97. The highest BCUT2D eigenvalue weighted by Gasteiger charge is 2.26. The fraction of sp³-hybridized carbons (Fsp3) is 0.174. The van der Waals surface area contributed by atoms with Crippen LogP contribution in [0.4, 0.5) is 5.69 Å². The van der Waals surface area contributed by atoms with Gasteiger partial charge in [-0.15, -0.1) is 0 Å². The molecule has 1 N–H and O–H groups in total. The maximum atomic E-state index is 12.8. The van der Waals surface area contributed by atoms with Gasteiger partial charge < -0.3 is 14.5 Å². The minimum Gasteiger partial charge on any atom is -0.457 e. The third kappa shape index (κ3) is 3.69. The highest BCUT2D eigenvalue weighted by atomic mass is 32.2. The zero-order valence-corrected chi connectivity index (χ0v) is 17.4. The number of sulfonamides is 1. The molecule has 5 rings (SSSR count). The minimum atomic E-state index is -3.54. The SMILES string of the molecule is O=C1Nc2ccccc2C1=Cc1ccc(-c2ccc(S(=O)(=O)N3CCOCC3)cc2)o1.